The highest BCUT2D eigenvalue weighted by atomic mass is 19.3. The molecule has 166 valence electrons. The van der Waals surface area contributed by atoms with Crippen LogP contribution in [0.4, 0.5) is 17.6 Å². The Labute approximate surface area is 176 Å². The van der Waals surface area contributed by atoms with Gasteiger partial charge in [-0.1, -0.05) is 6.08 Å². The molecule has 3 saturated carbocycles. The second-order valence-corrected chi connectivity index (χ2v) is 9.71. The summed E-state index contributed by atoms with van der Waals surface area (Å²) in [5.41, 5.74) is 0.579. The molecule has 1 aromatic rings. The quantitative estimate of drug-likeness (QED) is 0.345. The first-order valence-electron chi connectivity index (χ1n) is 11.5. The highest BCUT2D eigenvalue weighted by Gasteiger charge is 2.39. The van der Waals surface area contributed by atoms with Gasteiger partial charge in [-0.3, -0.25) is 0 Å². The van der Waals surface area contributed by atoms with E-state index in [0.717, 1.165) is 31.1 Å². The molecule has 0 radical (unpaired) electrons. The first-order valence-corrected chi connectivity index (χ1v) is 11.5. The van der Waals surface area contributed by atoms with Gasteiger partial charge in [0.1, 0.15) is 0 Å². The third-order valence-corrected chi connectivity index (χ3v) is 8.17. The molecule has 5 heteroatoms. The molecule has 4 rings (SSSR count). The summed E-state index contributed by atoms with van der Waals surface area (Å²) in [5, 5.41) is 0. The summed E-state index contributed by atoms with van der Waals surface area (Å²) in [6, 6.07) is 2.38. The second kappa shape index (κ2) is 9.32. The van der Waals surface area contributed by atoms with Gasteiger partial charge < -0.3 is 4.74 Å². The molecular weight excluding hydrogens is 392 g/mol. The van der Waals surface area contributed by atoms with Crippen molar-refractivity contribution in [3.05, 3.63) is 42.0 Å². The summed E-state index contributed by atoms with van der Waals surface area (Å²) in [4.78, 5) is 0. The summed E-state index contributed by atoms with van der Waals surface area (Å²) in [5.74, 6) is 0.744. The zero-order chi connectivity index (χ0) is 21.3. The Bertz CT molecular complexity index is 718. The maximum absolute atomic E-state index is 14.2. The smallest absolute Gasteiger partial charge is 0.387 e. The van der Waals surface area contributed by atoms with Crippen molar-refractivity contribution in [2.24, 2.45) is 29.6 Å². The van der Waals surface area contributed by atoms with E-state index in [0.29, 0.717) is 23.3 Å². The number of hydrogen-bond acceptors (Lipinski definition) is 1. The van der Waals surface area contributed by atoms with Gasteiger partial charge in [0.05, 0.1) is 0 Å². The molecule has 30 heavy (non-hydrogen) atoms. The van der Waals surface area contributed by atoms with E-state index in [9.17, 15) is 17.6 Å². The van der Waals surface area contributed by atoms with Gasteiger partial charge in [-0.15, -0.1) is 6.58 Å². The van der Waals surface area contributed by atoms with Gasteiger partial charge in [-0.05, 0) is 117 Å². The Morgan fingerprint density at radius 3 is 1.93 bits per heavy atom. The molecular formula is C25H32F4O. The summed E-state index contributed by atoms with van der Waals surface area (Å²) in [7, 11) is 0. The predicted octanol–water partition coefficient (Wildman–Crippen LogP) is 7.86. The summed E-state index contributed by atoms with van der Waals surface area (Å²) in [6.07, 6.45) is 14.0. The Hall–Kier alpha value is -1.52. The van der Waals surface area contributed by atoms with Crippen LogP contribution < -0.4 is 4.74 Å². The molecule has 0 amide bonds. The van der Waals surface area contributed by atoms with Crippen LogP contribution in [0.5, 0.6) is 5.75 Å². The normalized spacial score (nSPS) is 34.4. The summed E-state index contributed by atoms with van der Waals surface area (Å²) >= 11 is 0. The lowest BCUT2D eigenvalue weighted by Crippen LogP contribution is -2.34. The molecule has 0 bridgehead atoms. The van der Waals surface area contributed by atoms with E-state index in [4.69, 9.17) is 0 Å². The van der Waals surface area contributed by atoms with Crippen LogP contribution in [0.3, 0.4) is 0 Å². The minimum Gasteiger partial charge on any atom is -0.429 e. The average Bonchev–Trinajstić information content (AvgIpc) is 2.75. The fraction of sp³-hybridized carbons (Fsp3) is 0.680. The van der Waals surface area contributed by atoms with Crippen LogP contribution in [-0.4, -0.2) is 6.61 Å². The van der Waals surface area contributed by atoms with Crippen molar-refractivity contribution in [2.75, 3.05) is 0 Å². The van der Waals surface area contributed by atoms with Crippen molar-refractivity contribution in [3.8, 4) is 5.75 Å². The van der Waals surface area contributed by atoms with Crippen molar-refractivity contribution in [2.45, 2.75) is 76.7 Å². The third kappa shape index (κ3) is 4.70. The lowest BCUT2D eigenvalue weighted by atomic mass is 9.60. The van der Waals surface area contributed by atoms with Gasteiger partial charge in [-0.25, -0.2) is 8.78 Å². The van der Waals surface area contributed by atoms with Gasteiger partial charge in [0.2, 0.25) is 0 Å². The molecule has 0 N–H and O–H groups in total. The van der Waals surface area contributed by atoms with Gasteiger partial charge in [0.25, 0.3) is 0 Å². The van der Waals surface area contributed by atoms with Crippen LogP contribution in [0.25, 0.3) is 0 Å². The first kappa shape index (κ1) is 21.7. The fourth-order valence-electron chi connectivity index (χ4n) is 6.53. The lowest BCUT2D eigenvalue weighted by molar-refractivity contribution is -0.0546. The molecule has 3 fully saturated rings. The molecule has 1 aromatic carbocycles. The van der Waals surface area contributed by atoms with E-state index in [1.165, 1.54) is 57.1 Å². The summed E-state index contributed by atoms with van der Waals surface area (Å²) in [6.45, 7) is 0.710. The first-order chi connectivity index (χ1) is 14.4. The SMILES string of the molecule is C=CC1CCC(C2CCC3CC(c4cc(F)c(OC(F)F)c(F)c4)CCC3C2)CC1. The van der Waals surface area contributed by atoms with Crippen LogP contribution in [0.2, 0.25) is 0 Å². The minimum atomic E-state index is -3.24. The second-order valence-electron chi connectivity index (χ2n) is 9.71. The van der Waals surface area contributed by atoms with E-state index in [-0.39, 0.29) is 5.92 Å². The average molecular weight is 425 g/mol. The van der Waals surface area contributed by atoms with E-state index < -0.39 is 24.0 Å². The number of hydrogen-bond donors (Lipinski definition) is 0. The molecule has 4 atom stereocenters. The standard InChI is InChI=1S/C25H32F4O/c1-2-15-3-5-16(6-4-15)17-7-8-19-12-20(10-9-18(19)11-17)21-13-22(26)24(23(27)14-21)30-25(28)29/h2,13-20,25H,1,3-12H2. The molecule has 3 aliphatic carbocycles. The monoisotopic (exact) mass is 424 g/mol. The van der Waals surface area contributed by atoms with Crippen molar-refractivity contribution < 1.29 is 22.3 Å². The van der Waals surface area contributed by atoms with Crippen LogP contribution in [0, 0.1) is 41.2 Å². The van der Waals surface area contributed by atoms with Crippen LogP contribution >= 0.6 is 0 Å². The Kier molecular flexibility index (Phi) is 6.74. The zero-order valence-corrected chi connectivity index (χ0v) is 17.5. The van der Waals surface area contributed by atoms with E-state index in [1.54, 1.807) is 0 Å². The Morgan fingerprint density at radius 2 is 1.33 bits per heavy atom. The maximum atomic E-state index is 14.2. The number of allylic oxidation sites excluding steroid dienone is 1. The van der Waals surface area contributed by atoms with Crippen LogP contribution in [-0.2, 0) is 0 Å². The number of rotatable bonds is 5. The molecule has 4 unspecified atom stereocenters. The van der Waals surface area contributed by atoms with Gasteiger partial charge in [0, 0.05) is 0 Å². The van der Waals surface area contributed by atoms with Crippen molar-refractivity contribution in [1.29, 1.82) is 0 Å². The largest absolute Gasteiger partial charge is 0.429 e. The summed E-state index contributed by atoms with van der Waals surface area (Å²) < 4.78 is 57.1. The van der Waals surface area contributed by atoms with Crippen molar-refractivity contribution in [1.82, 2.24) is 0 Å². The molecule has 3 aliphatic rings. The third-order valence-electron chi connectivity index (χ3n) is 8.17. The number of alkyl halides is 2. The van der Waals surface area contributed by atoms with E-state index >= 15 is 0 Å². The highest BCUT2D eigenvalue weighted by Crippen LogP contribution is 2.51. The molecule has 0 saturated heterocycles. The van der Waals surface area contributed by atoms with Crippen molar-refractivity contribution >= 4 is 0 Å². The van der Waals surface area contributed by atoms with Crippen LogP contribution in [0.1, 0.15) is 75.7 Å². The minimum absolute atomic E-state index is 0.0930. The Morgan fingerprint density at radius 1 is 0.800 bits per heavy atom. The highest BCUT2D eigenvalue weighted by molar-refractivity contribution is 5.33. The number of halogens is 4. The molecule has 0 spiro atoms. The number of fused-ring (bicyclic) bond motifs is 1. The molecule has 0 aliphatic heterocycles. The van der Waals surface area contributed by atoms with E-state index in [2.05, 4.69) is 17.4 Å². The molecule has 1 nitrogen and oxygen atoms in total. The van der Waals surface area contributed by atoms with Crippen LogP contribution in [0.15, 0.2) is 24.8 Å². The molecule has 0 aromatic heterocycles. The predicted molar refractivity (Wildman–Crippen MR) is 110 cm³/mol. The van der Waals surface area contributed by atoms with Gasteiger partial charge in [0.15, 0.2) is 17.4 Å². The van der Waals surface area contributed by atoms with Gasteiger partial charge >= 0.3 is 6.61 Å². The number of ether oxygens (including phenoxy) is 1. The van der Waals surface area contributed by atoms with Gasteiger partial charge in [-0.2, -0.15) is 8.78 Å². The molecule has 0 heterocycles. The van der Waals surface area contributed by atoms with E-state index in [1.807, 2.05) is 0 Å². The zero-order valence-electron chi connectivity index (χ0n) is 17.5. The maximum Gasteiger partial charge on any atom is 0.387 e. The topological polar surface area (TPSA) is 9.23 Å². The van der Waals surface area contributed by atoms with Crippen molar-refractivity contribution in [3.63, 3.8) is 0 Å². The number of benzene rings is 1. The Balaban J connectivity index is 1.36. The lowest BCUT2D eigenvalue weighted by Gasteiger charge is -2.45. The fourth-order valence-corrected chi connectivity index (χ4v) is 6.53.